The van der Waals surface area contributed by atoms with Gasteiger partial charge in [0.15, 0.2) is 14.7 Å². The summed E-state index contributed by atoms with van der Waals surface area (Å²) in [6.07, 6.45) is 15.6. The van der Waals surface area contributed by atoms with E-state index in [2.05, 4.69) is 103 Å². The number of benzene rings is 3. The Morgan fingerprint density at radius 3 is 1.70 bits per heavy atom. The molecule has 2 atom stereocenters. The molecule has 1 amide bonds. The molecule has 3 aromatic rings. The molecule has 0 radical (unpaired) electrons. The maximum absolute atomic E-state index is 11.8. The predicted molar refractivity (Wildman–Crippen MR) is 282 cm³/mol. The van der Waals surface area contributed by atoms with Crippen LogP contribution in [-0.4, -0.2) is 116 Å². The molecular formula is C57H86N2O10S2. The molecule has 2 unspecified atom stereocenters. The molecule has 14 heteroatoms. The summed E-state index contributed by atoms with van der Waals surface area (Å²) in [7, 11) is -4.34. The Labute approximate surface area is 430 Å². The van der Waals surface area contributed by atoms with E-state index in [0.717, 1.165) is 58.5 Å². The van der Waals surface area contributed by atoms with Gasteiger partial charge in [-0.2, -0.15) is 0 Å². The minimum absolute atomic E-state index is 0.0146. The van der Waals surface area contributed by atoms with E-state index in [9.17, 15) is 32.5 Å². The van der Waals surface area contributed by atoms with E-state index in [-0.39, 0.29) is 46.2 Å². The van der Waals surface area contributed by atoms with Crippen LogP contribution >= 0.6 is 0 Å². The van der Waals surface area contributed by atoms with Crippen molar-refractivity contribution in [2.75, 3.05) is 58.3 Å². The van der Waals surface area contributed by atoms with E-state index >= 15 is 0 Å². The molecule has 0 spiro atoms. The number of hydrogen-bond donors (Lipinski definition) is 1. The van der Waals surface area contributed by atoms with Crippen molar-refractivity contribution in [3.8, 4) is 0 Å². The normalized spacial score (nSPS) is 19.9. The van der Waals surface area contributed by atoms with Crippen molar-refractivity contribution in [3.63, 3.8) is 0 Å². The number of nitrogens with zero attached hydrogens (tertiary/aromatic N) is 2. The number of esters is 1. The van der Waals surface area contributed by atoms with Crippen LogP contribution in [-0.2, 0) is 44.8 Å². The summed E-state index contributed by atoms with van der Waals surface area (Å²) in [5.41, 5.74) is -1.62. The zero-order valence-corrected chi connectivity index (χ0v) is 45.5. The third kappa shape index (κ3) is 20.2. The van der Waals surface area contributed by atoms with Gasteiger partial charge in [-0.05, 0) is 100 Å². The van der Waals surface area contributed by atoms with E-state index in [0.29, 0.717) is 51.8 Å². The average molecular weight is 1020 g/mol. The van der Waals surface area contributed by atoms with Crippen LogP contribution in [0.1, 0.15) is 144 Å². The summed E-state index contributed by atoms with van der Waals surface area (Å²) in [4.78, 5) is 43.2. The number of likely N-dealkylation sites (tertiary alicyclic amines) is 1. The molecule has 2 bridgehead atoms. The fourth-order valence-corrected chi connectivity index (χ4v) is 13.1. The van der Waals surface area contributed by atoms with Gasteiger partial charge in [0, 0.05) is 51.0 Å². The number of aliphatic hydroxyl groups excluding tert-OH is 1. The van der Waals surface area contributed by atoms with Crippen molar-refractivity contribution in [1.82, 2.24) is 9.80 Å². The Kier molecular flexibility index (Phi) is 25.6. The largest absolute Gasteiger partial charge is 0.748 e. The Hall–Kier alpha value is -3.79. The first-order chi connectivity index (χ1) is 33.9. The van der Waals surface area contributed by atoms with Crippen LogP contribution in [0, 0.1) is 16.7 Å². The van der Waals surface area contributed by atoms with Crippen molar-refractivity contribution in [3.05, 3.63) is 91.0 Å². The van der Waals surface area contributed by atoms with Crippen molar-refractivity contribution < 1.29 is 46.7 Å². The Balaban J connectivity index is 0.000000208. The lowest BCUT2D eigenvalue weighted by Crippen LogP contribution is -2.43. The van der Waals surface area contributed by atoms with Crippen LogP contribution in [0.3, 0.4) is 0 Å². The third-order valence-corrected chi connectivity index (χ3v) is 17.8. The van der Waals surface area contributed by atoms with Crippen molar-refractivity contribution in [1.29, 1.82) is 0 Å². The van der Waals surface area contributed by atoms with Gasteiger partial charge in [0.2, 0.25) is 0 Å². The van der Waals surface area contributed by atoms with Crippen molar-refractivity contribution in [2.24, 2.45) is 16.7 Å². The molecule has 4 aliphatic rings. The number of carbonyl (C=O) groups excluding carboxylic acids is 3. The van der Waals surface area contributed by atoms with Gasteiger partial charge in [-0.25, -0.2) is 13.2 Å². The van der Waals surface area contributed by atoms with Gasteiger partial charge in [-0.3, -0.25) is 14.5 Å². The third-order valence-electron chi connectivity index (χ3n) is 14.7. The SMILES string of the molecule is CC1(C)C2CCC1(CS(=O)(=O)[O-])C(=O)C2.CCC(C)(C)OC(=O)N1CCC(O)CC1.CCCCCCCCCCCC(=O)OCCN1CCOCC1.c1ccc([S+](c2ccccc2)c2ccccc2)cc1. The highest BCUT2D eigenvalue weighted by atomic mass is 32.2. The number of rotatable bonds is 20. The average Bonchev–Trinajstić information content (AvgIpc) is 3.70. The van der Waals surface area contributed by atoms with E-state index in [4.69, 9.17) is 14.2 Å². The molecule has 2 saturated carbocycles. The number of morpholine rings is 1. The number of Topliss-reactive ketones (excluding diaryl/α,β-unsaturated/α-hetero) is 1. The second-order valence-electron chi connectivity index (χ2n) is 20.6. The number of hydrogen-bond acceptors (Lipinski definition) is 11. The minimum Gasteiger partial charge on any atom is -0.748 e. The summed E-state index contributed by atoms with van der Waals surface area (Å²) in [6, 6.07) is 32.2. The van der Waals surface area contributed by atoms with Gasteiger partial charge >= 0.3 is 12.1 Å². The lowest BCUT2D eigenvalue weighted by atomic mass is 9.70. The van der Waals surface area contributed by atoms with Gasteiger partial charge in [-0.15, -0.1) is 0 Å². The second-order valence-corrected chi connectivity index (χ2v) is 24.0. The summed E-state index contributed by atoms with van der Waals surface area (Å²) < 4.78 is 48.6. The molecule has 12 nitrogen and oxygen atoms in total. The highest BCUT2D eigenvalue weighted by Crippen LogP contribution is 2.64. The van der Waals surface area contributed by atoms with Crippen molar-refractivity contribution in [2.45, 2.75) is 171 Å². The highest BCUT2D eigenvalue weighted by Gasteiger charge is 2.64. The van der Waals surface area contributed by atoms with Gasteiger partial charge < -0.3 is 28.8 Å². The number of amides is 1. The van der Waals surface area contributed by atoms with Gasteiger partial charge in [0.25, 0.3) is 0 Å². The standard InChI is InChI=1S/C18H35NO3.C18H15S.C11H21NO3.C10H16O4S/c1-2-3-4-5-6-7-8-9-10-11-18(20)22-17-14-19-12-15-21-16-13-19;1-4-10-16(11-5-1)19(17-12-6-2-7-13-17)18-14-8-3-9-15-18;1-4-11(2,3)15-10(14)12-7-5-9(13)6-8-12;1-9(2)7-3-4-10(9,8(11)5-7)6-15(12,13)14/h2-17H2,1H3;1-15H;9,13H,4-8H2,1-3H3;7H,3-6H2,1-2H3,(H,12,13,14)/q;+1;;/p-1. The number of carbonyl (C=O) groups is 3. The molecule has 2 aliphatic carbocycles. The lowest BCUT2D eigenvalue weighted by molar-refractivity contribution is -0.144. The van der Waals surface area contributed by atoms with Gasteiger partial charge in [-0.1, -0.05) is 134 Å². The Morgan fingerprint density at radius 2 is 1.27 bits per heavy atom. The molecule has 3 aromatic carbocycles. The number of aliphatic hydroxyl groups is 1. The maximum atomic E-state index is 11.8. The van der Waals surface area contributed by atoms with E-state index in [1.807, 2.05) is 34.6 Å². The summed E-state index contributed by atoms with van der Waals surface area (Å²) in [6.45, 7) is 18.0. The van der Waals surface area contributed by atoms with Crippen LogP contribution in [0.5, 0.6) is 0 Å². The quantitative estimate of drug-likeness (QED) is 0.0496. The number of ether oxygens (including phenoxy) is 3. The van der Waals surface area contributed by atoms with Gasteiger partial charge in [0.1, 0.15) is 18.0 Å². The molecule has 71 heavy (non-hydrogen) atoms. The van der Waals surface area contributed by atoms with Crippen LogP contribution in [0.15, 0.2) is 106 Å². The smallest absolute Gasteiger partial charge is 0.410 e. The predicted octanol–water partition coefficient (Wildman–Crippen LogP) is 11.3. The van der Waals surface area contributed by atoms with Crippen LogP contribution < -0.4 is 0 Å². The first-order valence-corrected chi connectivity index (χ1v) is 29.2. The lowest BCUT2D eigenvalue weighted by Gasteiger charge is -2.37. The van der Waals surface area contributed by atoms with Gasteiger partial charge in [0.05, 0.1) is 46.1 Å². The number of fused-ring (bicyclic) bond motifs is 2. The topological polar surface area (TPSA) is 163 Å². The first kappa shape index (κ1) is 59.8. The van der Waals surface area contributed by atoms with Crippen LogP contribution in [0.25, 0.3) is 0 Å². The first-order valence-electron chi connectivity index (χ1n) is 26.4. The maximum Gasteiger partial charge on any atom is 0.410 e. The Bertz CT molecular complexity index is 2000. The zero-order valence-electron chi connectivity index (χ0n) is 43.8. The zero-order chi connectivity index (χ0) is 51.8. The summed E-state index contributed by atoms with van der Waals surface area (Å²) in [5, 5.41) is 9.31. The van der Waals surface area contributed by atoms with Crippen molar-refractivity contribution >= 4 is 38.9 Å². The molecule has 396 valence electrons. The number of ketones is 1. The van der Waals surface area contributed by atoms with E-state index < -0.39 is 26.9 Å². The molecule has 7 rings (SSSR count). The minimum atomic E-state index is -4.33. The monoisotopic (exact) mass is 1020 g/mol. The molecular weight excluding hydrogens is 937 g/mol. The number of unbranched alkanes of at least 4 members (excludes halogenated alkanes) is 8. The van der Waals surface area contributed by atoms with Crippen LogP contribution in [0.4, 0.5) is 4.79 Å². The fraction of sp³-hybridized carbons (Fsp3) is 0.632. The molecule has 4 fully saturated rings. The summed E-state index contributed by atoms with van der Waals surface area (Å²) in [5.74, 6) is -0.311. The number of piperidine rings is 1. The second kappa shape index (κ2) is 30.4. The highest BCUT2D eigenvalue weighted by molar-refractivity contribution is 7.97. The molecule has 2 aliphatic heterocycles. The molecule has 0 aromatic heterocycles. The fourth-order valence-electron chi connectivity index (χ4n) is 9.67. The summed E-state index contributed by atoms with van der Waals surface area (Å²) >= 11 is 0. The molecule has 2 saturated heterocycles. The Morgan fingerprint density at radius 1 is 0.775 bits per heavy atom. The molecule has 1 N–H and O–H groups in total. The van der Waals surface area contributed by atoms with Crippen LogP contribution in [0.2, 0.25) is 0 Å². The van der Waals surface area contributed by atoms with E-state index in [1.165, 1.54) is 59.6 Å². The van der Waals surface area contributed by atoms with E-state index in [1.54, 1.807) is 4.90 Å². The molecule has 2 heterocycles.